The van der Waals surface area contributed by atoms with Gasteiger partial charge in [-0.1, -0.05) is 49.4 Å². The van der Waals surface area contributed by atoms with Gasteiger partial charge in [-0.05, 0) is 30.0 Å². The molecule has 1 aliphatic heterocycles. The number of nitrogens with zero attached hydrogens (tertiary/aromatic N) is 1. The van der Waals surface area contributed by atoms with Crippen molar-refractivity contribution in [3.05, 3.63) is 66.0 Å². The Morgan fingerprint density at radius 1 is 1.19 bits per heavy atom. The highest BCUT2D eigenvalue weighted by atomic mass is 19.1. The van der Waals surface area contributed by atoms with Crippen LogP contribution in [0.5, 0.6) is 0 Å². The van der Waals surface area contributed by atoms with Gasteiger partial charge in [0.25, 0.3) is 0 Å². The van der Waals surface area contributed by atoms with Crippen LogP contribution in [0.3, 0.4) is 0 Å². The molecule has 1 fully saturated rings. The van der Waals surface area contributed by atoms with Gasteiger partial charge in [-0.15, -0.1) is 0 Å². The maximum atomic E-state index is 13.9. The van der Waals surface area contributed by atoms with Crippen LogP contribution < -0.4 is 10.2 Å². The Balaban J connectivity index is 1.51. The minimum Gasteiger partial charge on any atom is -0.356 e. The molecule has 1 saturated heterocycles. The number of amides is 2. The molecule has 26 heavy (non-hydrogen) atoms. The molecule has 0 radical (unpaired) electrons. The van der Waals surface area contributed by atoms with Crippen molar-refractivity contribution >= 4 is 17.5 Å². The van der Waals surface area contributed by atoms with Gasteiger partial charge in [0.15, 0.2) is 0 Å². The van der Waals surface area contributed by atoms with Crippen molar-refractivity contribution in [1.29, 1.82) is 0 Å². The van der Waals surface area contributed by atoms with Crippen LogP contribution in [0.15, 0.2) is 54.6 Å². The summed E-state index contributed by atoms with van der Waals surface area (Å²) in [6.45, 7) is 2.90. The molecule has 0 bridgehead atoms. The monoisotopic (exact) mass is 354 g/mol. The third-order valence-electron chi connectivity index (χ3n) is 4.88. The number of anilines is 1. The lowest BCUT2D eigenvalue weighted by molar-refractivity contribution is -0.126. The number of hydrogen-bond acceptors (Lipinski definition) is 2. The van der Waals surface area contributed by atoms with Crippen molar-refractivity contribution in [3.8, 4) is 0 Å². The summed E-state index contributed by atoms with van der Waals surface area (Å²) in [5, 5.41) is 2.92. The molecule has 0 spiro atoms. The molecule has 0 saturated carbocycles. The lowest BCUT2D eigenvalue weighted by Gasteiger charge is -2.17. The molecule has 2 aromatic rings. The Morgan fingerprint density at radius 3 is 2.62 bits per heavy atom. The first-order chi connectivity index (χ1) is 12.6. The molecule has 1 N–H and O–H groups in total. The smallest absolute Gasteiger partial charge is 0.227 e. The SMILES string of the molecule is CC(CCNC(=O)C1CC(=O)N(c2ccccc2F)C1)c1ccccc1. The minimum atomic E-state index is -0.446. The van der Waals surface area contributed by atoms with E-state index in [4.69, 9.17) is 0 Å². The van der Waals surface area contributed by atoms with Crippen LogP contribution in [-0.2, 0) is 9.59 Å². The molecule has 136 valence electrons. The van der Waals surface area contributed by atoms with Crippen LogP contribution in [0.25, 0.3) is 0 Å². The summed E-state index contributed by atoms with van der Waals surface area (Å²) in [5.74, 6) is -0.894. The fourth-order valence-corrected chi connectivity index (χ4v) is 3.29. The van der Waals surface area contributed by atoms with Crippen LogP contribution in [0.1, 0.15) is 31.2 Å². The van der Waals surface area contributed by atoms with Crippen LogP contribution >= 0.6 is 0 Å². The number of benzene rings is 2. The largest absolute Gasteiger partial charge is 0.356 e. The summed E-state index contributed by atoms with van der Waals surface area (Å²) < 4.78 is 13.9. The molecular weight excluding hydrogens is 331 g/mol. The summed E-state index contributed by atoms with van der Waals surface area (Å²) in [6, 6.07) is 16.3. The Hall–Kier alpha value is -2.69. The first-order valence-electron chi connectivity index (χ1n) is 8.94. The third kappa shape index (κ3) is 4.10. The second kappa shape index (κ2) is 8.13. The van der Waals surface area contributed by atoms with Gasteiger partial charge in [0, 0.05) is 19.5 Å². The van der Waals surface area contributed by atoms with E-state index in [2.05, 4.69) is 24.4 Å². The highest BCUT2D eigenvalue weighted by molar-refractivity contribution is 6.00. The van der Waals surface area contributed by atoms with Crippen molar-refractivity contribution in [3.63, 3.8) is 0 Å². The van der Waals surface area contributed by atoms with Crippen molar-refractivity contribution in [1.82, 2.24) is 5.32 Å². The summed E-state index contributed by atoms with van der Waals surface area (Å²) in [4.78, 5) is 25.9. The number of halogens is 1. The predicted octanol–water partition coefficient (Wildman–Crippen LogP) is 3.49. The fourth-order valence-electron chi connectivity index (χ4n) is 3.29. The molecule has 2 unspecified atom stereocenters. The van der Waals surface area contributed by atoms with Gasteiger partial charge >= 0.3 is 0 Å². The number of rotatable bonds is 6. The van der Waals surface area contributed by atoms with Crippen LogP contribution in [-0.4, -0.2) is 24.9 Å². The molecule has 2 aromatic carbocycles. The van der Waals surface area contributed by atoms with E-state index in [0.717, 1.165) is 6.42 Å². The zero-order chi connectivity index (χ0) is 18.5. The summed E-state index contributed by atoms with van der Waals surface area (Å²) >= 11 is 0. The lowest BCUT2D eigenvalue weighted by atomic mass is 9.98. The first-order valence-corrected chi connectivity index (χ1v) is 8.94. The summed E-state index contributed by atoms with van der Waals surface area (Å²) in [7, 11) is 0. The third-order valence-corrected chi connectivity index (χ3v) is 4.88. The second-order valence-electron chi connectivity index (χ2n) is 6.75. The molecule has 3 rings (SSSR count). The maximum Gasteiger partial charge on any atom is 0.227 e. The minimum absolute atomic E-state index is 0.119. The summed E-state index contributed by atoms with van der Waals surface area (Å²) in [5.41, 5.74) is 1.48. The Kier molecular flexibility index (Phi) is 5.66. The van der Waals surface area contributed by atoms with Gasteiger partial charge in [-0.25, -0.2) is 4.39 Å². The van der Waals surface area contributed by atoms with Crippen molar-refractivity contribution < 1.29 is 14.0 Å². The predicted molar refractivity (Wildman–Crippen MR) is 99.3 cm³/mol. The molecular formula is C21H23FN2O2. The van der Waals surface area contributed by atoms with E-state index >= 15 is 0 Å². The van der Waals surface area contributed by atoms with E-state index in [9.17, 15) is 14.0 Å². The van der Waals surface area contributed by atoms with Crippen molar-refractivity contribution in [2.45, 2.75) is 25.7 Å². The normalized spacial score (nSPS) is 18.0. The quantitative estimate of drug-likeness (QED) is 0.863. The number of hydrogen-bond donors (Lipinski definition) is 1. The number of para-hydroxylation sites is 1. The van der Waals surface area contributed by atoms with Crippen LogP contribution in [0.4, 0.5) is 10.1 Å². The molecule has 5 heteroatoms. The highest BCUT2D eigenvalue weighted by Gasteiger charge is 2.35. The Bertz CT molecular complexity index is 779. The average molecular weight is 354 g/mol. The fraction of sp³-hybridized carbons (Fsp3) is 0.333. The molecule has 1 aliphatic rings. The van der Waals surface area contributed by atoms with E-state index in [1.807, 2.05) is 18.2 Å². The first kappa shape index (κ1) is 18.1. The number of nitrogens with one attached hydrogen (secondary N) is 1. The highest BCUT2D eigenvalue weighted by Crippen LogP contribution is 2.27. The average Bonchev–Trinajstić information content (AvgIpc) is 3.04. The van der Waals surface area contributed by atoms with E-state index in [1.165, 1.54) is 16.5 Å². The molecule has 1 heterocycles. The lowest BCUT2D eigenvalue weighted by Crippen LogP contribution is -2.34. The van der Waals surface area contributed by atoms with Crippen LogP contribution in [0.2, 0.25) is 0 Å². The second-order valence-corrected chi connectivity index (χ2v) is 6.75. The molecule has 4 nitrogen and oxygen atoms in total. The maximum absolute atomic E-state index is 13.9. The van der Waals surface area contributed by atoms with Crippen molar-refractivity contribution in [2.24, 2.45) is 5.92 Å². The van der Waals surface area contributed by atoms with Gasteiger partial charge in [-0.2, -0.15) is 0 Å². The van der Waals surface area contributed by atoms with E-state index in [-0.39, 0.29) is 30.5 Å². The van der Waals surface area contributed by atoms with Gasteiger partial charge in [0.05, 0.1) is 11.6 Å². The van der Waals surface area contributed by atoms with Gasteiger partial charge in [0.1, 0.15) is 5.82 Å². The standard InChI is InChI=1S/C21H23FN2O2/c1-15(16-7-3-2-4-8-16)11-12-23-21(26)17-13-20(25)24(14-17)19-10-6-5-9-18(19)22/h2-10,15,17H,11-14H2,1H3,(H,23,26). The molecule has 0 aromatic heterocycles. The molecule has 0 aliphatic carbocycles. The zero-order valence-electron chi connectivity index (χ0n) is 14.8. The topological polar surface area (TPSA) is 49.4 Å². The Morgan fingerprint density at radius 2 is 1.88 bits per heavy atom. The Labute approximate surface area is 153 Å². The van der Waals surface area contributed by atoms with Crippen LogP contribution in [0, 0.1) is 11.7 Å². The molecule has 2 atom stereocenters. The van der Waals surface area contributed by atoms with Gasteiger partial charge < -0.3 is 10.2 Å². The summed E-state index contributed by atoms with van der Waals surface area (Å²) in [6.07, 6.45) is 0.946. The van der Waals surface area contributed by atoms with E-state index in [1.54, 1.807) is 18.2 Å². The van der Waals surface area contributed by atoms with Gasteiger partial charge in [-0.3, -0.25) is 9.59 Å². The molecule has 2 amide bonds. The zero-order valence-corrected chi connectivity index (χ0v) is 14.8. The van der Waals surface area contributed by atoms with E-state index < -0.39 is 11.7 Å². The van der Waals surface area contributed by atoms with Crippen molar-refractivity contribution in [2.75, 3.05) is 18.0 Å². The number of carbonyl (C=O) groups excluding carboxylic acids is 2. The number of carbonyl (C=O) groups is 2. The van der Waals surface area contributed by atoms with Gasteiger partial charge in [0.2, 0.25) is 11.8 Å². The van der Waals surface area contributed by atoms with E-state index in [0.29, 0.717) is 12.5 Å².